The first-order valence-corrected chi connectivity index (χ1v) is 8.10. The summed E-state index contributed by atoms with van der Waals surface area (Å²) in [5.41, 5.74) is 1.07. The number of hydrogen-bond donors (Lipinski definition) is 2. The van der Waals surface area contributed by atoms with Crippen LogP contribution in [0.15, 0.2) is 53.5 Å². The van der Waals surface area contributed by atoms with Gasteiger partial charge in [0.05, 0.1) is 20.8 Å². The first-order chi connectivity index (χ1) is 12.3. The second-order valence-corrected chi connectivity index (χ2v) is 5.19. The summed E-state index contributed by atoms with van der Waals surface area (Å²) in [6, 6.07) is 15.4. The highest BCUT2D eigenvalue weighted by molar-refractivity contribution is 14.0. The van der Waals surface area contributed by atoms with Gasteiger partial charge in [-0.25, -0.2) is 0 Å². The van der Waals surface area contributed by atoms with Crippen LogP contribution in [-0.4, -0.2) is 40.4 Å². The van der Waals surface area contributed by atoms with Crippen molar-refractivity contribution >= 4 is 29.9 Å². The van der Waals surface area contributed by atoms with Crippen LogP contribution in [0.2, 0.25) is 0 Å². The molecule has 0 aliphatic heterocycles. The summed E-state index contributed by atoms with van der Waals surface area (Å²) in [5, 5.41) is 6.48. The number of rotatable bonds is 8. The van der Waals surface area contributed by atoms with Crippen molar-refractivity contribution in [3.8, 4) is 17.2 Å². The van der Waals surface area contributed by atoms with Gasteiger partial charge in [0.15, 0.2) is 5.96 Å². The lowest BCUT2D eigenvalue weighted by molar-refractivity contribution is 0.319. The van der Waals surface area contributed by atoms with E-state index in [0.29, 0.717) is 25.7 Å². The van der Waals surface area contributed by atoms with E-state index < -0.39 is 0 Å². The maximum Gasteiger partial charge on any atom is 0.191 e. The fraction of sp³-hybridized carbons (Fsp3) is 0.316. The Labute approximate surface area is 172 Å². The highest BCUT2D eigenvalue weighted by Crippen LogP contribution is 2.18. The maximum atomic E-state index is 5.70. The van der Waals surface area contributed by atoms with E-state index in [4.69, 9.17) is 14.2 Å². The highest BCUT2D eigenvalue weighted by atomic mass is 127. The topological polar surface area (TPSA) is 64.1 Å². The summed E-state index contributed by atoms with van der Waals surface area (Å²) in [4.78, 5) is 4.21. The van der Waals surface area contributed by atoms with Gasteiger partial charge in [-0.15, -0.1) is 24.0 Å². The van der Waals surface area contributed by atoms with Crippen molar-refractivity contribution in [2.75, 3.05) is 34.4 Å². The lowest BCUT2D eigenvalue weighted by atomic mass is 10.2. The maximum absolute atomic E-state index is 5.70. The molecular weight excluding hydrogens is 445 g/mol. The van der Waals surface area contributed by atoms with Gasteiger partial charge < -0.3 is 24.8 Å². The molecule has 0 heterocycles. The molecule has 142 valence electrons. The standard InChI is InChI=1S/C19H25N3O3.HI/c1-20-19(22-14-15-7-4-5-10-18(15)24-3)21-11-12-25-17-9-6-8-16(13-17)23-2;/h4-10,13H,11-12,14H2,1-3H3,(H2,20,21,22);1H. The largest absolute Gasteiger partial charge is 0.497 e. The van der Waals surface area contributed by atoms with E-state index in [2.05, 4.69) is 15.6 Å². The van der Waals surface area contributed by atoms with Crippen molar-refractivity contribution in [1.82, 2.24) is 10.6 Å². The van der Waals surface area contributed by atoms with E-state index in [1.807, 2.05) is 48.5 Å². The van der Waals surface area contributed by atoms with Crippen LogP contribution in [0.1, 0.15) is 5.56 Å². The van der Waals surface area contributed by atoms with Crippen LogP contribution in [0.25, 0.3) is 0 Å². The number of ether oxygens (including phenoxy) is 3. The smallest absolute Gasteiger partial charge is 0.191 e. The van der Waals surface area contributed by atoms with Crippen LogP contribution in [0.5, 0.6) is 17.2 Å². The average molecular weight is 471 g/mol. The van der Waals surface area contributed by atoms with Gasteiger partial charge >= 0.3 is 0 Å². The van der Waals surface area contributed by atoms with Crippen molar-refractivity contribution in [1.29, 1.82) is 0 Å². The van der Waals surface area contributed by atoms with Gasteiger partial charge in [0, 0.05) is 25.2 Å². The molecule has 0 aliphatic rings. The molecule has 0 spiro atoms. The molecule has 7 heteroatoms. The van der Waals surface area contributed by atoms with Crippen LogP contribution in [0.3, 0.4) is 0 Å². The van der Waals surface area contributed by atoms with Gasteiger partial charge in [-0.3, -0.25) is 4.99 Å². The molecular formula is C19H26IN3O3. The molecule has 0 aliphatic carbocycles. The second-order valence-electron chi connectivity index (χ2n) is 5.19. The zero-order valence-corrected chi connectivity index (χ0v) is 17.7. The fourth-order valence-corrected chi connectivity index (χ4v) is 2.28. The molecule has 2 aromatic rings. The molecule has 0 amide bonds. The molecule has 0 fully saturated rings. The van der Waals surface area contributed by atoms with Crippen molar-refractivity contribution in [2.24, 2.45) is 4.99 Å². The predicted octanol–water partition coefficient (Wildman–Crippen LogP) is 3.07. The van der Waals surface area contributed by atoms with E-state index in [1.54, 1.807) is 21.3 Å². The lowest BCUT2D eigenvalue weighted by Crippen LogP contribution is -2.38. The third-order valence-corrected chi connectivity index (χ3v) is 3.57. The van der Waals surface area contributed by atoms with Crippen molar-refractivity contribution < 1.29 is 14.2 Å². The quantitative estimate of drug-likeness (QED) is 0.268. The van der Waals surface area contributed by atoms with Crippen LogP contribution in [0, 0.1) is 0 Å². The summed E-state index contributed by atoms with van der Waals surface area (Å²) in [7, 11) is 5.04. The van der Waals surface area contributed by atoms with Gasteiger partial charge in [-0.05, 0) is 18.2 Å². The second kappa shape index (κ2) is 12.2. The van der Waals surface area contributed by atoms with E-state index >= 15 is 0 Å². The van der Waals surface area contributed by atoms with E-state index in [9.17, 15) is 0 Å². The number of halogens is 1. The Morgan fingerprint density at radius 2 is 1.73 bits per heavy atom. The molecule has 0 bridgehead atoms. The number of nitrogens with zero attached hydrogens (tertiary/aromatic N) is 1. The molecule has 2 aromatic carbocycles. The van der Waals surface area contributed by atoms with Gasteiger partial charge in [0.25, 0.3) is 0 Å². The molecule has 26 heavy (non-hydrogen) atoms. The fourth-order valence-electron chi connectivity index (χ4n) is 2.28. The molecule has 2 N–H and O–H groups in total. The molecule has 0 saturated heterocycles. The number of para-hydroxylation sites is 1. The van der Waals surface area contributed by atoms with E-state index in [-0.39, 0.29) is 24.0 Å². The van der Waals surface area contributed by atoms with Crippen molar-refractivity contribution in [2.45, 2.75) is 6.54 Å². The summed E-state index contributed by atoms with van der Waals surface area (Å²) < 4.78 is 16.2. The Balaban J connectivity index is 0.00000338. The predicted molar refractivity (Wildman–Crippen MR) is 115 cm³/mol. The Hall–Kier alpha value is -2.16. The number of hydrogen-bond acceptors (Lipinski definition) is 4. The third kappa shape index (κ3) is 6.99. The van der Waals surface area contributed by atoms with Gasteiger partial charge in [-0.2, -0.15) is 0 Å². The summed E-state index contributed by atoms with van der Waals surface area (Å²) >= 11 is 0. The average Bonchev–Trinajstić information content (AvgIpc) is 2.67. The lowest BCUT2D eigenvalue weighted by Gasteiger charge is -2.14. The van der Waals surface area contributed by atoms with Crippen LogP contribution >= 0.6 is 24.0 Å². The van der Waals surface area contributed by atoms with Crippen molar-refractivity contribution in [3.05, 3.63) is 54.1 Å². The van der Waals surface area contributed by atoms with E-state index in [1.165, 1.54) is 0 Å². The Morgan fingerprint density at radius 3 is 2.46 bits per heavy atom. The number of benzene rings is 2. The number of aliphatic imine (C=N–C) groups is 1. The summed E-state index contributed by atoms with van der Waals surface area (Å²) in [6.07, 6.45) is 0. The molecule has 0 aromatic heterocycles. The number of guanidine groups is 1. The Morgan fingerprint density at radius 1 is 0.962 bits per heavy atom. The minimum atomic E-state index is 0. The molecule has 0 atom stereocenters. The molecule has 0 unspecified atom stereocenters. The van der Waals surface area contributed by atoms with Gasteiger partial charge in [0.1, 0.15) is 23.9 Å². The van der Waals surface area contributed by atoms with Crippen LogP contribution in [-0.2, 0) is 6.54 Å². The van der Waals surface area contributed by atoms with Crippen molar-refractivity contribution in [3.63, 3.8) is 0 Å². The minimum absolute atomic E-state index is 0. The summed E-state index contributed by atoms with van der Waals surface area (Å²) in [6.45, 7) is 1.77. The Kier molecular flexibility index (Phi) is 10.3. The first-order valence-electron chi connectivity index (χ1n) is 8.10. The summed E-state index contributed by atoms with van der Waals surface area (Å²) in [5.74, 6) is 3.12. The van der Waals surface area contributed by atoms with Gasteiger partial charge in [-0.1, -0.05) is 24.3 Å². The Bertz CT molecular complexity index is 695. The molecule has 2 rings (SSSR count). The normalized spacial score (nSPS) is 10.5. The zero-order chi connectivity index (χ0) is 17.9. The number of nitrogens with one attached hydrogen (secondary N) is 2. The van der Waals surface area contributed by atoms with Crippen LogP contribution < -0.4 is 24.8 Å². The SMILES string of the molecule is CN=C(NCCOc1cccc(OC)c1)NCc1ccccc1OC.I. The third-order valence-electron chi connectivity index (χ3n) is 3.57. The minimum Gasteiger partial charge on any atom is -0.497 e. The number of methoxy groups -OCH3 is 2. The molecule has 0 saturated carbocycles. The molecule has 6 nitrogen and oxygen atoms in total. The molecule has 0 radical (unpaired) electrons. The highest BCUT2D eigenvalue weighted by Gasteiger charge is 2.03. The zero-order valence-electron chi connectivity index (χ0n) is 15.3. The van der Waals surface area contributed by atoms with Gasteiger partial charge in [0.2, 0.25) is 0 Å². The van der Waals surface area contributed by atoms with Crippen LogP contribution in [0.4, 0.5) is 0 Å². The van der Waals surface area contributed by atoms with E-state index in [0.717, 1.165) is 22.8 Å². The monoisotopic (exact) mass is 471 g/mol. The first kappa shape index (κ1) is 21.9.